The zero-order valence-electron chi connectivity index (χ0n) is 14.6. The van der Waals surface area contributed by atoms with E-state index in [9.17, 15) is 4.79 Å². The molecule has 4 aliphatic carbocycles. The Kier molecular flexibility index (Phi) is 3.78. The van der Waals surface area contributed by atoms with Crippen LogP contribution >= 0.6 is 11.6 Å². The van der Waals surface area contributed by atoms with Crippen LogP contribution in [0.5, 0.6) is 0 Å². The summed E-state index contributed by atoms with van der Waals surface area (Å²) in [5.74, 6) is 2.92. The number of rotatable bonds is 4. The molecule has 2 aromatic rings. The average molecular weight is 372 g/mol. The van der Waals surface area contributed by atoms with E-state index in [1.54, 1.807) is 12.1 Å². The van der Waals surface area contributed by atoms with Gasteiger partial charge in [-0.05, 0) is 85.8 Å². The zero-order valence-corrected chi connectivity index (χ0v) is 15.3. The molecule has 0 spiro atoms. The molecule has 1 N–H and O–H groups in total. The summed E-state index contributed by atoms with van der Waals surface area (Å²) in [4.78, 5) is 14.0. The van der Waals surface area contributed by atoms with Crippen LogP contribution in [0.2, 0.25) is 5.02 Å². The first-order valence-corrected chi connectivity index (χ1v) is 9.79. The molecular formula is C19H22ClN5O. The van der Waals surface area contributed by atoms with E-state index in [1.807, 2.05) is 12.1 Å². The average Bonchev–Trinajstić information content (AvgIpc) is 3.02. The maximum absolute atomic E-state index is 12.6. The summed E-state index contributed by atoms with van der Waals surface area (Å²) in [7, 11) is 0. The Hall–Kier alpha value is -1.95. The maximum Gasteiger partial charge on any atom is 0.244 e. The fourth-order valence-corrected chi connectivity index (χ4v) is 5.88. The highest BCUT2D eigenvalue weighted by atomic mass is 35.5. The molecule has 1 aromatic carbocycles. The van der Waals surface area contributed by atoms with Gasteiger partial charge in [-0.15, -0.1) is 10.2 Å². The minimum absolute atomic E-state index is 0.00740. The molecule has 136 valence electrons. The van der Waals surface area contributed by atoms with Crippen molar-refractivity contribution in [2.75, 3.05) is 0 Å². The van der Waals surface area contributed by atoms with E-state index in [4.69, 9.17) is 11.6 Å². The molecule has 6 nitrogen and oxygen atoms in total. The van der Waals surface area contributed by atoms with E-state index in [0.29, 0.717) is 10.8 Å². The standard InChI is InChI=1S/C19H22ClN5O/c20-16-3-1-15(2-4-16)18-22-24-25(23-18)11-17(26)21-19-8-12-5-13(9-19)7-14(6-12)10-19/h1-4,12-14H,5-11H2,(H,21,26). The molecule has 0 aliphatic heterocycles. The second-order valence-electron chi connectivity index (χ2n) is 8.40. The molecule has 7 heteroatoms. The van der Waals surface area contributed by atoms with Gasteiger partial charge in [0.1, 0.15) is 6.54 Å². The molecule has 6 rings (SSSR count). The number of tetrazole rings is 1. The molecule has 1 aromatic heterocycles. The van der Waals surface area contributed by atoms with Crippen LogP contribution in [0.1, 0.15) is 38.5 Å². The van der Waals surface area contributed by atoms with Crippen molar-refractivity contribution in [1.29, 1.82) is 0 Å². The van der Waals surface area contributed by atoms with Crippen LogP contribution in [-0.4, -0.2) is 31.7 Å². The lowest BCUT2D eigenvalue weighted by atomic mass is 9.53. The Labute approximate surface area is 157 Å². The first-order valence-electron chi connectivity index (χ1n) is 9.42. The van der Waals surface area contributed by atoms with Gasteiger partial charge < -0.3 is 5.32 Å². The van der Waals surface area contributed by atoms with Gasteiger partial charge in [0.25, 0.3) is 0 Å². The van der Waals surface area contributed by atoms with Gasteiger partial charge >= 0.3 is 0 Å². The molecule has 0 saturated heterocycles. The van der Waals surface area contributed by atoms with Crippen molar-refractivity contribution in [1.82, 2.24) is 25.5 Å². The number of aromatic nitrogens is 4. The van der Waals surface area contributed by atoms with Crippen LogP contribution in [0.25, 0.3) is 11.4 Å². The van der Waals surface area contributed by atoms with Crippen molar-refractivity contribution < 1.29 is 4.79 Å². The van der Waals surface area contributed by atoms with Crippen LogP contribution in [0, 0.1) is 17.8 Å². The number of hydrogen-bond acceptors (Lipinski definition) is 4. The number of hydrogen-bond donors (Lipinski definition) is 1. The van der Waals surface area contributed by atoms with E-state index in [2.05, 4.69) is 20.7 Å². The zero-order chi connectivity index (χ0) is 17.7. The molecule has 0 radical (unpaired) electrons. The number of carbonyl (C=O) groups excluding carboxylic acids is 1. The summed E-state index contributed by atoms with van der Waals surface area (Å²) in [6.45, 7) is 0.113. The van der Waals surface area contributed by atoms with Crippen molar-refractivity contribution >= 4 is 17.5 Å². The van der Waals surface area contributed by atoms with Crippen LogP contribution in [-0.2, 0) is 11.3 Å². The molecule has 1 heterocycles. The predicted octanol–water partition coefficient (Wildman–Crippen LogP) is 3.08. The Balaban J connectivity index is 1.26. The lowest BCUT2D eigenvalue weighted by Gasteiger charge is -2.56. The molecule has 4 aliphatic rings. The number of benzene rings is 1. The second kappa shape index (κ2) is 6.05. The summed E-state index contributed by atoms with van der Waals surface area (Å²) in [6.07, 6.45) is 7.53. The Morgan fingerprint density at radius 3 is 2.35 bits per heavy atom. The highest BCUT2D eigenvalue weighted by molar-refractivity contribution is 6.30. The molecular weight excluding hydrogens is 350 g/mol. The highest BCUT2D eigenvalue weighted by Gasteiger charge is 2.51. The maximum atomic E-state index is 12.6. The molecule has 26 heavy (non-hydrogen) atoms. The van der Waals surface area contributed by atoms with Gasteiger partial charge in [-0.1, -0.05) is 11.6 Å². The topological polar surface area (TPSA) is 72.7 Å². The van der Waals surface area contributed by atoms with E-state index in [0.717, 1.165) is 42.6 Å². The molecule has 4 saturated carbocycles. The fraction of sp³-hybridized carbons (Fsp3) is 0.579. The molecule has 1 amide bonds. The lowest BCUT2D eigenvalue weighted by Crippen LogP contribution is -2.60. The first kappa shape index (κ1) is 16.2. The Morgan fingerprint density at radius 1 is 1.12 bits per heavy atom. The van der Waals surface area contributed by atoms with Crippen LogP contribution < -0.4 is 5.32 Å². The minimum Gasteiger partial charge on any atom is -0.349 e. The normalized spacial score (nSPS) is 32.0. The number of nitrogens with zero attached hydrogens (tertiary/aromatic N) is 4. The van der Waals surface area contributed by atoms with Gasteiger partial charge in [0.15, 0.2) is 0 Å². The number of nitrogens with one attached hydrogen (secondary N) is 1. The summed E-state index contributed by atoms with van der Waals surface area (Å²) in [5, 5.41) is 16.4. The summed E-state index contributed by atoms with van der Waals surface area (Å²) < 4.78 is 0. The molecule has 4 bridgehead atoms. The third-order valence-corrected chi connectivity index (χ3v) is 6.54. The minimum atomic E-state index is -0.00740. The van der Waals surface area contributed by atoms with Crippen molar-refractivity contribution in [2.24, 2.45) is 17.8 Å². The van der Waals surface area contributed by atoms with E-state index in [1.165, 1.54) is 24.1 Å². The largest absolute Gasteiger partial charge is 0.349 e. The quantitative estimate of drug-likeness (QED) is 0.896. The van der Waals surface area contributed by atoms with E-state index >= 15 is 0 Å². The van der Waals surface area contributed by atoms with Crippen LogP contribution in [0.15, 0.2) is 24.3 Å². The number of amides is 1. The second-order valence-corrected chi connectivity index (χ2v) is 8.83. The van der Waals surface area contributed by atoms with Crippen molar-refractivity contribution in [2.45, 2.75) is 50.6 Å². The SMILES string of the molecule is O=C(Cn1nnc(-c2ccc(Cl)cc2)n1)NC12CC3CC(CC(C3)C1)C2. The van der Waals surface area contributed by atoms with Crippen LogP contribution in [0.4, 0.5) is 0 Å². The van der Waals surface area contributed by atoms with Crippen molar-refractivity contribution in [3.63, 3.8) is 0 Å². The molecule has 4 fully saturated rings. The monoisotopic (exact) mass is 371 g/mol. The van der Waals surface area contributed by atoms with Gasteiger partial charge in [-0.3, -0.25) is 4.79 Å². The van der Waals surface area contributed by atoms with Crippen molar-refractivity contribution in [3.05, 3.63) is 29.3 Å². The molecule has 0 unspecified atom stereocenters. The third kappa shape index (κ3) is 3.00. The summed E-state index contributed by atoms with van der Waals surface area (Å²) >= 11 is 5.91. The highest BCUT2D eigenvalue weighted by Crippen LogP contribution is 2.55. The fourth-order valence-electron chi connectivity index (χ4n) is 5.75. The third-order valence-electron chi connectivity index (χ3n) is 6.28. The van der Waals surface area contributed by atoms with Gasteiger partial charge in [0.2, 0.25) is 11.7 Å². The Bertz CT molecular complexity index is 795. The van der Waals surface area contributed by atoms with Gasteiger partial charge in [-0.2, -0.15) is 4.80 Å². The predicted molar refractivity (Wildman–Crippen MR) is 97.3 cm³/mol. The van der Waals surface area contributed by atoms with Gasteiger partial charge in [0.05, 0.1) is 0 Å². The van der Waals surface area contributed by atoms with E-state index < -0.39 is 0 Å². The summed E-state index contributed by atoms with van der Waals surface area (Å²) in [6, 6.07) is 7.27. The van der Waals surface area contributed by atoms with Crippen molar-refractivity contribution in [3.8, 4) is 11.4 Å². The van der Waals surface area contributed by atoms with Crippen LogP contribution in [0.3, 0.4) is 0 Å². The van der Waals surface area contributed by atoms with Gasteiger partial charge in [0, 0.05) is 16.1 Å². The van der Waals surface area contributed by atoms with E-state index in [-0.39, 0.29) is 18.0 Å². The number of carbonyl (C=O) groups is 1. The smallest absolute Gasteiger partial charge is 0.244 e. The van der Waals surface area contributed by atoms with Gasteiger partial charge in [-0.25, -0.2) is 0 Å². The molecule has 0 atom stereocenters. The summed E-state index contributed by atoms with van der Waals surface area (Å²) in [5.41, 5.74) is 0.855. The number of halogens is 1. The first-order chi connectivity index (χ1) is 12.6. The lowest BCUT2D eigenvalue weighted by molar-refractivity contribution is -0.127. The Morgan fingerprint density at radius 2 is 1.73 bits per heavy atom.